The highest BCUT2D eigenvalue weighted by molar-refractivity contribution is 14.0. The third-order valence-electron chi connectivity index (χ3n) is 3.97. The minimum atomic E-state index is -4.06. The van der Waals surface area contributed by atoms with Crippen molar-refractivity contribution < 1.29 is 22.6 Å². The molecule has 1 heterocycles. The molecule has 0 saturated carbocycles. The van der Waals surface area contributed by atoms with Crippen molar-refractivity contribution in [2.75, 3.05) is 47.0 Å². The van der Waals surface area contributed by atoms with Crippen LogP contribution in [-0.4, -0.2) is 70.1 Å². The van der Waals surface area contributed by atoms with Crippen LogP contribution < -0.4 is 5.32 Å². The third-order valence-corrected chi connectivity index (χ3v) is 3.97. The SMILES string of the molecule is CN=C(NCCCCC(F)(F)F)N1CCC(OCCCOC)CC1.I. The summed E-state index contributed by atoms with van der Waals surface area (Å²) in [5.74, 6) is 0.764. The maximum absolute atomic E-state index is 12.1. The molecule has 0 aromatic rings. The van der Waals surface area contributed by atoms with Gasteiger partial charge in [-0.05, 0) is 32.1 Å². The van der Waals surface area contributed by atoms with Gasteiger partial charge in [0.05, 0.1) is 6.10 Å². The molecule has 1 fully saturated rings. The minimum Gasteiger partial charge on any atom is -0.385 e. The molecule has 5 nitrogen and oxygen atoms in total. The van der Waals surface area contributed by atoms with Gasteiger partial charge >= 0.3 is 6.18 Å². The monoisotopic (exact) mass is 481 g/mol. The lowest BCUT2D eigenvalue weighted by atomic mass is 10.1. The molecule has 0 atom stereocenters. The van der Waals surface area contributed by atoms with Gasteiger partial charge in [-0.25, -0.2) is 0 Å². The highest BCUT2D eigenvalue weighted by Gasteiger charge is 2.26. The molecule has 1 N–H and O–H groups in total. The molecule has 1 aliphatic rings. The molecule has 0 aromatic carbocycles. The van der Waals surface area contributed by atoms with Gasteiger partial charge in [-0.3, -0.25) is 4.99 Å². The fourth-order valence-electron chi connectivity index (χ4n) is 2.67. The lowest BCUT2D eigenvalue weighted by Gasteiger charge is -2.34. The first-order valence-electron chi connectivity index (χ1n) is 8.59. The predicted octanol–water partition coefficient (Wildman–Crippen LogP) is 3.43. The maximum Gasteiger partial charge on any atom is 0.389 e. The Bertz CT molecular complexity index is 363. The summed E-state index contributed by atoms with van der Waals surface area (Å²) >= 11 is 0. The van der Waals surface area contributed by atoms with Crippen LogP contribution >= 0.6 is 24.0 Å². The van der Waals surface area contributed by atoms with E-state index in [1.165, 1.54) is 0 Å². The van der Waals surface area contributed by atoms with Gasteiger partial charge in [-0.15, -0.1) is 24.0 Å². The number of nitrogens with one attached hydrogen (secondary N) is 1. The molecule has 0 radical (unpaired) electrons. The Labute approximate surface area is 165 Å². The molecule has 0 spiro atoms. The van der Waals surface area contributed by atoms with Gasteiger partial charge in [0.1, 0.15) is 0 Å². The summed E-state index contributed by atoms with van der Waals surface area (Å²) in [5, 5.41) is 3.15. The summed E-state index contributed by atoms with van der Waals surface area (Å²) in [6, 6.07) is 0. The second-order valence-electron chi connectivity index (χ2n) is 5.95. The van der Waals surface area contributed by atoms with Crippen LogP contribution in [0.5, 0.6) is 0 Å². The van der Waals surface area contributed by atoms with Crippen LogP contribution in [-0.2, 0) is 9.47 Å². The number of rotatable bonds is 9. The Kier molecular flexibility index (Phi) is 13.7. The predicted molar refractivity (Wildman–Crippen MR) is 104 cm³/mol. The summed E-state index contributed by atoms with van der Waals surface area (Å²) in [4.78, 5) is 6.36. The van der Waals surface area contributed by atoms with Crippen molar-refractivity contribution >= 4 is 29.9 Å². The van der Waals surface area contributed by atoms with E-state index in [0.717, 1.165) is 38.3 Å². The average molecular weight is 481 g/mol. The normalized spacial score (nSPS) is 16.7. The topological polar surface area (TPSA) is 46.1 Å². The van der Waals surface area contributed by atoms with Crippen LogP contribution in [0.4, 0.5) is 13.2 Å². The number of nitrogens with zero attached hydrogens (tertiary/aromatic N) is 2. The minimum absolute atomic E-state index is 0. The van der Waals surface area contributed by atoms with E-state index in [4.69, 9.17) is 9.47 Å². The van der Waals surface area contributed by atoms with Crippen LogP contribution in [0, 0.1) is 0 Å². The number of methoxy groups -OCH3 is 1. The van der Waals surface area contributed by atoms with Gasteiger partial charge in [-0.2, -0.15) is 13.2 Å². The van der Waals surface area contributed by atoms with Gasteiger partial charge in [0.25, 0.3) is 0 Å². The molecule has 1 saturated heterocycles. The van der Waals surface area contributed by atoms with Crippen molar-refractivity contribution in [2.45, 2.75) is 50.8 Å². The zero-order valence-corrected chi connectivity index (χ0v) is 17.4. The number of halogens is 4. The molecule has 0 unspecified atom stereocenters. The summed E-state index contributed by atoms with van der Waals surface area (Å²) in [6.45, 7) is 3.62. The Balaban J connectivity index is 0.00000576. The first kappa shape index (κ1) is 24.7. The lowest BCUT2D eigenvalue weighted by molar-refractivity contribution is -0.135. The van der Waals surface area contributed by atoms with E-state index >= 15 is 0 Å². The number of alkyl halides is 3. The van der Waals surface area contributed by atoms with Gasteiger partial charge in [-0.1, -0.05) is 0 Å². The number of aliphatic imine (C=N–C) groups is 1. The van der Waals surface area contributed by atoms with E-state index in [-0.39, 0.29) is 36.5 Å². The highest BCUT2D eigenvalue weighted by atomic mass is 127. The maximum atomic E-state index is 12.1. The molecule has 0 aromatic heterocycles. The number of unbranched alkanes of at least 4 members (excludes halogenated alkanes) is 1. The van der Waals surface area contributed by atoms with Crippen LogP contribution in [0.15, 0.2) is 4.99 Å². The lowest BCUT2D eigenvalue weighted by Crippen LogP contribution is -2.47. The molecular weight excluding hydrogens is 450 g/mol. The Hall–Kier alpha value is -0.290. The number of piperidine rings is 1. The van der Waals surface area contributed by atoms with Crippen molar-refractivity contribution in [1.82, 2.24) is 10.2 Å². The van der Waals surface area contributed by atoms with Crippen molar-refractivity contribution in [3.05, 3.63) is 0 Å². The van der Waals surface area contributed by atoms with Crippen LogP contribution in [0.1, 0.15) is 38.5 Å². The fraction of sp³-hybridized carbons (Fsp3) is 0.938. The van der Waals surface area contributed by atoms with Gasteiger partial charge in [0.15, 0.2) is 5.96 Å². The summed E-state index contributed by atoms with van der Waals surface area (Å²) < 4.78 is 47.1. The number of ether oxygens (including phenoxy) is 2. The van der Waals surface area contributed by atoms with Crippen molar-refractivity contribution in [3.63, 3.8) is 0 Å². The molecule has 0 aliphatic carbocycles. The number of hydrogen-bond donors (Lipinski definition) is 1. The Morgan fingerprint density at radius 1 is 1.16 bits per heavy atom. The van der Waals surface area contributed by atoms with Gasteiger partial charge < -0.3 is 19.7 Å². The van der Waals surface area contributed by atoms with Crippen molar-refractivity contribution in [2.24, 2.45) is 4.99 Å². The van der Waals surface area contributed by atoms with E-state index in [2.05, 4.69) is 15.2 Å². The van der Waals surface area contributed by atoms with E-state index in [1.807, 2.05) is 0 Å². The first-order valence-corrected chi connectivity index (χ1v) is 8.59. The molecule has 1 aliphatic heterocycles. The first-order chi connectivity index (χ1) is 11.5. The molecule has 150 valence electrons. The summed E-state index contributed by atoms with van der Waals surface area (Å²) in [5.41, 5.74) is 0. The van der Waals surface area contributed by atoms with Gasteiger partial charge in [0.2, 0.25) is 0 Å². The molecule has 0 bridgehead atoms. The highest BCUT2D eigenvalue weighted by Crippen LogP contribution is 2.21. The van der Waals surface area contributed by atoms with Crippen LogP contribution in [0.2, 0.25) is 0 Å². The van der Waals surface area contributed by atoms with E-state index in [0.29, 0.717) is 26.2 Å². The third kappa shape index (κ3) is 11.8. The van der Waals surface area contributed by atoms with Crippen molar-refractivity contribution in [3.8, 4) is 0 Å². The number of hydrogen-bond acceptors (Lipinski definition) is 3. The van der Waals surface area contributed by atoms with Crippen molar-refractivity contribution in [1.29, 1.82) is 0 Å². The summed E-state index contributed by atoms with van der Waals surface area (Å²) in [7, 11) is 3.38. The molecular formula is C16H31F3IN3O2. The van der Waals surface area contributed by atoms with E-state index < -0.39 is 12.6 Å². The van der Waals surface area contributed by atoms with Crippen LogP contribution in [0.25, 0.3) is 0 Å². The summed E-state index contributed by atoms with van der Waals surface area (Å²) in [6.07, 6.45) is -1.13. The van der Waals surface area contributed by atoms with Crippen LogP contribution in [0.3, 0.4) is 0 Å². The molecule has 1 rings (SSSR count). The number of likely N-dealkylation sites (tertiary alicyclic amines) is 1. The molecule has 25 heavy (non-hydrogen) atoms. The zero-order chi connectivity index (χ0) is 17.8. The second-order valence-corrected chi connectivity index (χ2v) is 5.95. The van der Waals surface area contributed by atoms with E-state index in [1.54, 1.807) is 14.2 Å². The fourth-order valence-corrected chi connectivity index (χ4v) is 2.67. The smallest absolute Gasteiger partial charge is 0.385 e. The Morgan fingerprint density at radius 2 is 1.84 bits per heavy atom. The van der Waals surface area contributed by atoms with E-state index in [9.17, 15) is 13.2 Å². The molecule has 0 amide bonds. The van der Waals surface area contributed by atoms with Gasteiger partial charge in [0, 0.05) is 53.4 Å². The average Bonchev–Trinajstić information content (AvgIpc) is 2.55. The number of guanidine groups is 1. The Morgan fingerprint density at radius 3 is 2.40 bits per heavy atom. The molecule has 9 heteroatoms. The second kappa shape index (κ2) is 13.9. The largest absolute Gasteiger partial charge is 0.389 e. The zero-order valence-electron chi connectivity index (χ0n) is 15.1. The standard InChI is InChI=1S/C16H30F3N3O2.HI/c1-20-15(21-9-4-3-8-16(17,18)19)22-10-6-14(7-11-22)24-13-5-12-23-2;/h14H,3-13H2,1-2H3,(H,20,21);1H. The quantitative estimate of drug-likeness (QED) is 0.237.